The number of hydrogen-bond acceptors (Lipinski definition) is 6. The Morgan fingerprint density at radius 3 is 2.83 bits per heavy atom. The van der Waals surface area contributed by atoms with Crippen molar-refractivity contribution in [1.29, 1.82) is 0 Å². The zero-order valence-electron chi connectivity index (χ0n) is 16.5. The van der Waals surface area contributed by atoms with E-state index in [9.17, 15) is 4.79 Å². The van der Waals surface area contributed by atoms with Crippen LogP contribution >= 0.6 is 11.8 Å². The summed E-state index contributed by atoms with van der Waals surface area (Å²) in [6.07, 6.45) is 4.23. The number of aromatic nitrogens is 3. The molecular formula is C21H25N5O2S. The third-order valence-electron chi connectivity index (χ3n) is 4.29. The monoisotopic (exact) mass is 411 g/mol. The largest absolute Gasteiger partial charge is 0.461 e. The highest BCUT2D eigenvalue weighted by atomic mass is 32.2. The van der Waals surface area contributed by atoms with Crippen molar-refractivity contribution in [2.45, 2.75) is 18.1 Å². The number of anilines is 1. The molecule has 8 heteroatoms. The van der Waals surface area contributed by atoms with E-state index in [4.69, 9.17) is 4.42 Å². The summed E-state index contributed by atoms with van der Waals surface area (Å²) in [6, 6.07) is 13.8. The Morgan fingerprint density at radius 1 is 1.28 bits per heavy atom. The maximum atomic E-state index is 12.2. The molecule has 1 aromatic carbocycles. The highest BCUT2D eigenvalue weighted by Crippen LogP contribution is 2.24. The van der Waals surface area contributed by atoms with Gasteiger partial charge in [-0.15, -0.1) is 16.8 Å². The Kier molecular flexibility index (Phi) is 7.52. The van der Waals surface area contributed by atoms with Crippen molar-refractivity contribution >= 4 is 23.4 Å². The Labute approximate surface area is 174 Å². The summed E-state index contributed by atoms with van der Waals surface area (Å²) in [4.78, 5) is 14.4. The van der Waals surface area contributed by atoms with Crippen molar-refractivity contribution in [2.24, 2.45) is 0 Å². The first-order chi connectivity index (χ1) is 14.2. The first-order valence-corrected chi connectivity index (χ1v) is 10.4. The van der Waals surface area contributed by atoms with Crippen LogP contribution in [-0.4, -0.2) is 46.6 Å². The second kappa shape index (κ2) is 10.5. The predicted octanol–water partition coefficient (Wildman–Crippen LogP) is 3.46. The lowest BCUT2D eigenvalue weighted by molar-refractivity contribution is -0.118. The van der Waals surface area contributed by atoms with Gasteiger partial charge in [-0.1, -0.05) is 36.0 Å². The molecule has 3 rings (SSSR count). The number of thioether (sulfide) groups is 1. The fraction of sp³-hybridized carbons (Fsp3) is 0.286. The van der Waals surface area contributed by atoms with Gasteiger partial charge in [0.05, 0.1) is 12.0 Å². The van der Waals surface area contributed by atoms with E-state index in [-0.39, 0.29) is 11.7 Å². The lowest BCUT2D eigenvalue weighted by atomic mass is 10.3. The van der Waals surface area contributed by atoms with Crippen LogP contribution in [0.1, 0.15) is 6.42 Å². The zero-order chi connectivity index (χ0) is 20.5. The van der Waals surface area contributed by atoms with Gasteiger partial charge in [0.2, 0.25) is 11.7 Å². The van der Waals surface area contributed by atoms with Crippen LogP contribution in [0.2, 0.25) is 0 Å². The SMILES string of the molecule is C=CCn1c(SCC(=O)NCCCN(C)c2ccccc2)nnc1-c1ccco1. The molecule has 7 nitrogen and oxygen atoms in total. The average molecular weight is 412 g/mol. The van der Waals surface area contributed by atoms with Crippen molar-refractivity contribution in [3.05, 3.63) is 61.4 Å². The second-order valence-corrected chi connectivity index (χ2v) is 7.37. The molecular weight excluding hydrogens is 386 g/mol. The first-order valence-electron chi connectivity index (χ1n) is 9.42. The molecule has 2 aromatic heterocycles. The van der Waals surface area contributed by atoms with E-state index in [0.717, 1.165) is 13.0 Å². The predicted molar refractivity (Wildman–Crippen MR) is 116 cm³/mol. The highest BCUT2D eigenvalue weighted by molar-refractivity contribution is 7.99. The van der Waals surface area contributed by atoms with Crippen molar-refractivity contribution < 1.29 is 9.21 Å². The van der Waals surface area contributed by atoms with Gasteiger partial charge in [-0.25, -0.2) is 0 Å². The number of nitrogens with one attached hydrogen (secondary N) is 1. The molecule has 29 heavy (non-hydrogen) atoms. The Balaban J connectivity index is 1.44. The fourth-order valence-corrected chi connectivity index (χ4v) is 3.59. The molecule has 0 aliphatic carbocycles. The molecule has 0 aliphatic rings. The molecule has 0 spiro atoms. The molecule has 2 heterocycles. The van der Waals surface area contributed by atoms with E-state index in [1.54, 1.807) is 18.4 Å². The van der Waals surface area contributed by atoms with Crippen molar-refractivity contribution in [3.8, 4) is 11.6 Å². The number of furan rings is 1. The Morgan fingerprint density at radius 2 is 2.10 bits per heavy atom. The van der Waals surface area contributed by atoms with E-state index in [2.05, 4.69) is 46.2 Å². The van der Waals surface area contributed by atoms with E-state index in [0.29, 0.717) is 29.8 Å². The zero-order valence-corrected chi connectivity index (χ0v) is 17.3. The number of benzene rings is 1. The maximum Gasteiger partial charge on any atom is 0.230 e. The molecule has 1 N–H and O–H groups in total. The van der Waals surface area contributed by atoms with Crippen LogP contribution in [0, 0.1) is 0 Å². The first kappa shape index (κ1) is 20.7. The minimum Gasteiger partial charge on any atom is -0.461 e. The van der Waals surface area contributed by atoms with Gasteiger partial charge in [0, 0.05) is 32.4 Å². The Bertz CT molecular complexity index is 909. The normalized spacial score (nSPS) is 10.7. The van der Waals surface area contributed by atoms with Crippen LogP contribution < -0.4 is 10.2 Å². The van der Waals surface area contributed by atoms with Crippen LogP contribution in [-0.2, 0) is 11.3 Å². The molecule has 3 aromatic rings. The molecule has 0 bridgehead atoms. The molecule has 0 radical (unpaired) electrons. The number of allylic oxidation sites excluding steroid dienone is 1. The van der Waals surface area contributed by atoms with Crippen molar-refractivity contribution in [3.63, 3.8) is 0 Å². The van der Waals surface area contributed by atoms with Crippen LogP contribution in [0.15, 0.2) is 71.0 Å². The molecule has 1 amide bonds. The van der Waals surface area contributed by atoms with Gasteiger partial charge in [0.15, 0.2) is 10.9 Å². The lowest BCUT2D eigenvalue weighted by Gasteiger charge is -2.19. The van der Waals surface area contributed by atoms with E-state index in [1.807, 2.05) is 28.8 Å². The summed E-state index contributed by atoms with van der Waals surface area (Å²) < 4.78 is 7.30. The number of hydrogen-bond donors (Lipinski definition) is 1. The molecule has 0 saturated heterocycles. The smallest absolute Gasteiger partial charge is 0.230 e. The number of amides is 1. The summed E-state index contributed by atoms with van der Waals surface area (Å²) in [5, 5.41) is 12.0. The number of nitrogens with zero attached hydrogens (tertiary/aromatic N) is 4. The number of carbonyl (C=O) groups is 1. The van der Waals surface area contributed by atoms with Gasteiger partial charge in [-0.3, -0.25) is 9.36 Å². The summed E-state index contributed by atoms with van der Waals surface area (Å²) in [6.45, 7) is 5.83. The van der Waals surface area contributed by atoms with Gasteiger partial charge in [0.1, 0.15) is 0 Å². The molecule has 0 atom stereocenters. The van der Waals surface area contributed by atoms with Crippen molar-refractivity contribution in [2.75, 3.05) is 30.8 Å². The van der Waals surface area contributed by atoms with Gasteiger partial charge >= 0.3 is 0 Å². The van der Waals surface area contributed by atoms with E-state index >= 15 is 0 Å². The summed E-state index contributed by atoms with van der Waals surface area (Å²) in [5.41, 5.74) is 1.17. The molecule has 152 valence electrons. The number of carbonyl (C=O) groups excluding carboxylic acids is 1. The van der Waals surface area contributed by atoms with Gasteiger partial charge in [-0.2, -0.15) is 0 Å². The number of rotatable bonds is 11. The van der Waals surface area contributed by atoms with Crippen LogP contribution in [0.3, 0.4) is 0 Å². The van der Waals surface area contributed by atoms with Gasteiger partial charge < -0.3 is 14.6 Å². The number of para-hydroxylation sites is 1. The van der Waals surface area contributed by atoms with Gasteiger partial charge in [0.25, 0.3) is 0 Å². The minimum atomic E-state index is -0.0231. The third-order valence-corrected chi connectivity index (χ3v) is 5.26. The maximum absolute atomic E-state index is 12.2. The minimum absolute atomic E-state index is 0.0231. The lowest BCUT2D eigenvalue weighted by Crippen LogP contribution is -2.29. The van der Waals surface area contributed by atoms with E-state index < -0.39 is 0 Å². The topological polar surface area (TPSA) is 76.2 Å². The quantitative estimate of drug-likeness (QED) is 0.296. The van der Waals surface area contributed by atoms with Crippen LogP contribution in [0.25, 0.3) is 11.6 Å². The summed E-state index contributed by atoms with van der Waals surface area (Å²) >= 11 is 1.35. The highest BCUT2D eigenvalue weighted by Gasteiger charge is 2.16. The summed E-state index contributed by atoms with van der Waals surface area (Å²) in [7, 11) is 2.05. The second-order valence-electron chi connectivity index (χ2n) is 6.43. The average Bonchev–Trinajstić information content (AvgIpc) is 3.40. The van der Waals surface area contributed by atoms with Crippen molar-refractivity contribution in [1.82, 2.24) is 20.1 Å². The van der Waals surface area contributed by atoms with E-state index in [1.165, 1.54) is 17.4 Å². The Hall–Kier alpha value is -3.00. The standard InChI is InChI=1S/C21H25N5O2S/c1-3-13-26-20(18-11-7-15-28-18)23-24-21(26)29-16-19(27)22-12-8-14-25(2)17-9-5-4-6-10-17/h3-7,9-11,15H,1,8,12-14,16H2,2H3,(H,22,27). The summed E-state index contributed by atoms with van der Waals surface area (Å²) in [5.74, 6) is 1.52. The molecule has 0 unspecified atom stereocenters. The third kappa shape index (κ3) is 5.74. The molecule has 0 aliphatic heterocycles. The van der Waals surface area contributed by atoms with Gasteiger partial charge in [-0.05, 0) is 30.7 Å². The fourth-order valence-electron chi connectivity index (χ4n) is 2.81. The van der Waals surface area contributed by atoms with Crippen LogP contribution in [0.5, 0.6) is 0 Å². The molecule has 0 fully saturated rings. The van der Waals surface area contributed by atoms with Crippen LogP contribution in [0.4, 0.5) is 5.69 Å². The molecule has 0 saturated carbocycles.